The molecular weight excluding hydrogens is 557 g/mol. The van der Waals surface area contributed by atoms with E-state index in [2.05, 4.69) is 24.1 Å². The minimum absolute atomic E-state index is 0.0703. The Labute approximate surface area is 228 Å². The third-order valence-corrected chi connectivity index (χ3v) is 11.1. The Kier molecular flexibility index (Phi) is 7.96. The third-order valence-electron chi connectivity index (χ3n) is 7.37. The number of pyridine rings is 2. The average molecular weight is 588 g/mol. The van der Waals surface area contributed by atoms with Crippen molar-refractivity contribution in [3.05, 3.63) is 53.4 Å². The van der Waals surface area contributed by atoms with Crippen LogP contribution in [0, 0.1) is 5.82 Å². The van der Waals surface area contributed by atoms with Gasteiger partial charge in [0.05, 0.1) is 27.6 Å². The molecule has 8 nitrogen and oxygen atoms in total. The quantitative estimate of drug-likeness (QED) is 0.353. The van der Waals surface area contributed by atoms with Crippen LogP contribution in [-0.4, -0.2) is 61.3 Å². The summed E-state index contributed by atoms with van der Waals surface area (Å²) in [6.07, 6.45) is -1.29. The molecular formula is C26H30F5N5O3S. The molecule has 0 saturated heterocycles. The van der Waals surface area contributed by atoms with Crippen LogP contribution in [0.4, 0.5) is 22.0 Å². The molecule has 2 aliphatic heterocycles. The molecule has 0 aromatic carbocycles. The van der Waals surface area contributed by atoms with Gasteiger partial charge in [0.25, 0.3) is 0 Å². The van der Waals surface area contributed by atoms with Crippen molar-refractivity contribution >= 4 is 21.3 Å². The monoisotopic (exact) mass is 587 g/mol. The molecule has 0 fully saturated rings. The number of amidine groups is 1. The van der Waals surface area contributed by atoms with E-state index in [0.29, 0.717) is 13.0 Å². The van der Waals surface area contributed by atoms with Gasteiger partial charge in [-0.25, -0.2) is 26.7 Å². The summed E-state index contributed by atoms with van der Waals surface area (Å²) in [6.45, 7) is 3.93. The van der Waals surface area contributed by atoms with Gasteiger partial charge < -0.3 is 10.5 Å². The molecule has 0 radical (unpaired) electrons. The van der Waals surface area contributed by atoms with Crippen molar-refractivity contribution < 1.29 is 35.7 Å². The fourth-order valence-electron chi connectivity index (χ4n) is 4.88. The van der Waals surface area contributed by atoms with E-state index in [0.717, 1.165) is 31.2 Å². The number of nitrogens with two attached hydrogens (primary N) is 1. The molecule has 0 saturated carbocycles. The van der Waals surface area contributed by atoms with Gasteiger partial charge in [-0.2, -0.15) is 8.78 Å². The molecule has 0 unspecified atom stereocenters. The van der Waals surface area contributed by atoms with E-state index in [9.17, 15) is 26.6 Å². The smallest absolute Gasteiger partial charge is 0.340 e. The Morgan fingerprint density at radius 3 is 2.58 bits per heavy atom. The highest BCUT2D eigenvalue weighted by atomic mass is 32.2. The van der Waals surface area contributed by atoms with Crippen LogP contribution >= 0.6 is 0 Å². The predicted octanol–water partition coefficient (Wildman–Crippen LogP) is 4.71. The van der Waals surface area contributed by atoms with Gasteiger partial charge in [-0.15, -0.1) is 0 Å². The number of carbonyl (C=O) groups is 1. The summed E-state index contributed by atoms with van der Waals surface area (Å²) in [4.78, 5) is 25.8. The summed E-state index contributed by atoms with van der Waals surface area (Å²) in [5, 5.41) is -0.663. The number of rotatable bonds is 8. The molecule has 2 aromatic heterocycles. The number of hydrogen-bond donors (Lipinski definition) is 1. The summed E-state index contributed by atoms with van der Waals surface area (Å²) in [5.41, 5.74) is 4.92. The fourth-order valence-corrected chi connectivity index (χ4v) is 8.11. The van der Waals surface area contributed by atoms with Crippen LogP contribution in [0.1, 0.15) is 61.9 Å². The van der Waals surface area contributed by atoms with Gasteiger partial charge in [-0.1, -0.05) is 6.42 Å². The van der Waals surface area contributed by atoms with Gasteiger partial charge in [-0.3, -0.25) is 14.8 Å². The first-order valence-electron chi connectivity index (χ1n) is 12.6. The highest BCUT2D eigenvalue weighted by molar-refractivity contribution is 7.96. The van der Waals surface area contributed by atoms with Crippen molar-refractivity contribution in [3.8, 4) is 5.75 Å². The van der Waals surface area contributed by atoms with E-state index in [1.165, 1.54) is 12.1 Å². The zero-order valence-corrected chi connectivity index (χ0v) is 23.0. The molecule has 2 N–H and O–H groups in total. The number of ether oxygens (including phenoxy) is 1. The van der Waals surface area contributed by atoms with Gasteiger partial charge in [-0.05, 0) is 57.9 Å². The maximum Gasteiger partial charge on any atom is 0.340 e. The van der Waals surface area contributed by atoms with Gasteiger partial charge in [0.1, 0.15) is 39.1 Å². The second kappa shape index (κ2) is 10.7. The van der Waals surface area contributed by atoms with Crippen LogP contribution in [0.25, 0.3) is 0 Å². The fraction of sp³-hybridized carbons (Fsp3) is 0.538. The molecule has 4 heterocycles. The van der Waals surface area contributed by atoms with Gasteiger partial charge >= 0.3 is 12.3 Å². The first-order chi connectivity index (χ1) is 18.6. The number of aliphatic imine (C=N–C) groups is 1. The molecule has 2 aliphatic rings. The van der Waals surface area contributed by atoms with Crippen molar-refractivity contribution in [2.24, 2.45) is 15.1 Å². The molecule has 0 amide bonds. The van der Waals surface area contributed by atoms with Crippen molar-refractivity contribution in [2.75, 3.05) is 13.2 Å². The molecule has 218 valence electrons. The molecule has 3 atom stereocenters. The molecule has 0 aliphatic carbocycles. The number of hydrogen-bond acceptors (Lipinski definition) is 8. The van der Waals surface area contributed by atoms with Crippen LogP contribution in [0.3, 0.4) is 0 Å². The van der Waals surface area contributed by atoms with Crippen LogP contribution in [0.2, 0.25) is 0 Å². The predicted molar refractivity (Wildman–Crippen MR) is 139 cm³/mol. The van der Waals surface area contributed by atoms with Crippen LogP contribution in [0.15, 0.2) is 39.8 Å². The number of ketones is 1. The van der Waals surface area contributed by atoms with Crippen molar-refractivity contribution in [2.45, 2.75) is 74.3 Å². The molecule has 4 rings (SSSR count). The third kappa shape index (κ3) is 5.29. The van der Waals surface area contributed by atoms with Crippen LogP contribution in [0.5, 0.6) is 5.75 Å². The Bertz CT molecular complexity index is 1440. The number of alkyl halides is 4. The van der Waals surface area contributed by atoms with Gasteiger partial charge in [0, 0.05) is 12.2 Å². The number of halogens is 5. The van der Waals surface area contributed by atoms with E-state index < -0.39 is 55.8 Å². The standard InChI is InChI=1S/C26H30F5N5O3S/c1-24(2)23(32)36-25(3,20-6-4-5-11-34-40(20,24)38)21-17(27)9-7-15(35-21)12-19(37)18-10-8-16(13-33-18)39-14-26(30,31)22(28)29/h7-10,13,20,22H,4-6,11-12,14H2,1-3H3,(H2,32,36)/t20-,25-,40-/m0/s1. The Hall–Kier alpha value is -3.16. The summed E-state index contributed by atoms with van der Waals surface area (Å²) >= 11 is 0. The Morgan fingerprint density at radius 2 is 1.93 bits per heavy atom. The first kappa shape index (κ1) is 29.8. The lowest BCUT2D eigenvalue weighted by Crippen LogP contribution is -2.59. The summed E-state index contributed by atoms with van der Waals surface area (Å²) in [7, 11) is -2.99. The van der Waals surface area contributed by atoms with E-state index >= 15 is 4.39 Å². The van der Waals surface area contributed by atoms with E-state index in [1.807, 2.05) is 0 Å². The number of carbonyl (C=O) groups excluding carboxylic acids is 1. The summed E-state index contributed by atoms with van der Waals surface area (Å²) in [5.74, 6) is -5.69. The van der Waals surface area contributed by atoms with E-state index in [-0.39, 0.29) is 35.1 Å². The number of fused-ring (bicyclic) bond motifs is 1. The Morgan fingerprint density at radius 1 is 1.20 bits per heavy atom. The van der Waals surface area contributed by atoms with E-state index in [4.69, 9.17) is 5.73 Å². The lowest BCUT2D eigenvalue weighted by Gasteiger charge is -2.46. The largest absolute Gasteiger partial charge is 0.485 e. The normalized spacial score (nSPS) is 26.3. The van der Waals surface area contributed by atoms with Gasteiger partial charge in [0.2, 0.25) is 0 Å². The highest BCUT2D eigenvalue weighted by Gasteiger charge is 2.56. The molecule has 0 bridgehead atoms. The minimum Gasteiger partial charge on any atom is -0.485 e. The van der Waals surface area contributed by atoms with Crippen LogP contribution in [-0.2, 0) is 21.7 Å². The molecule has 0 spiro atoms. The van der Waals surface area contributed by atoms with Gasteiger partial charge in [0.15, 0.2) is 12.4 Å². The Balaban J connectivity index is 1.60. The lowest BCUT2D eigenvalue weighted by atomic mass is 9.88. The molecule has 2 aromatic rings. The topological polar surface area (TPSA) is 120 Å². The minimum atomic E-state index is -4.34. The number of nitrogens with zero attached hydrogens (tertiary/aromatic N) is 4. The second-order valence-corrected chi connectivity index (χ2v) is 13.5. The van der Waals surface area contributed by atoms with Crippen molar-refractivity contribution in [3.63, 3.8) is 0 Å². The first-order valence-corrected chi connectivity index (χ1v) is 14.2. The molecule has 40 heavy (non-hydrogen) atoms. The van der Waals surface area contributed by atoms with Crippen LogP contribution < -0.4 is 10.5 Å². The summed E-state index contributed by atoms with van der Waals surface area (Å²) in [6, 6.07) is 4.84. The summed E-state index contributed by atoms with van der Waals surface area (Å²) < 4.78 is 88.6. The zero-order chi connectivity index (χ0) is 29.5. The zero-order valence-electron chi connectivity index (χ0n) is 22.2. The SMILES string of the molecule is CC1(C)C(N)=N[C@](C)(c2nc(CC(=O)c3ccc(OCC(F)(F)C(F)F)cn3)ccc2F)[C@@H]2CCCCN=[S@]21=O. The molecule has 14 heteroatoms. The maximum atomic E-state index is 15.3. The average Bonchev–Trinajstić information content (AvgIpc) is 3.11. The highest BCUT2D eigenvalue weighted by Crippen LogP contribution is 2.46. The van der Waals surface area contributed by atoms with Crippen molar-refractivity contribution in [1.82, 2.24) is 9.97 Å². The van der Waals surface area contributed by atoms with E-state index in [1.54, 1.807) is 20.8 Å². The second-order valence-electron chi connectivity index (χ2n) is 10.5. The number of aromatic nitrogens is 2. The number of Topliss-reactive ketones (excluding diaryl/α,β-unsaturated/α-hetero) is 1. The lowest BCUT2D eigenvalue weighted by molar-refractivity contribution is -0.148. The maximum absolute atomic E-state index is 15.3. The van der Waals surface area contributed by atoms with Crippen molar-refractivity contribution in [1.29, 1.82) is 0 Å².